The zero-order valence-corrected chi connectivity index (χ0v) is 12.1. The number of methoxy groups -OCH3 is 1. The van der Waals surface area contributed by atoms with Gasteiger partial charge < -0.3 is 17.7 Å². The number of carbonyl (C=O) groups is 1. The summed E-state index contributed by atoms with van der Waals surface area (Å²) in [6.45, 7) is -5.65. The predicted octanol–water partition coefficient (Wildman–Crippen LogP) is -1.19. The SMILES string of the molecule is COC(=O)c1cc([B-](F)(F)F)c(F)cc1F.[K+]. The van der Waals surface area contributed by atoms with Crippen molar-refractivity contribution in [2.45, 2.75) is 0 Å². The van der Waals surface area contributed by atoms with Gasteiger partial charge in [-0.2, -0.15) is 0 Å². The second kappa shape index (κ2) is 6.28. The largest absolute Gasteiger partial charge is 1.00 e. The molecule has 1 aromatic rings. The van der Waals surface area contributed by atoms with E-state index in [0.717, 1.165) is 7.11 Å². The van der Waals surface area contributed by atoms with Crippen LogP contribution in [0.25, 0.3) is 0 Å². The molecule has 0 N–H and O–H groups in total. The first-order valence-electron chi connectivity index (χ1n) is 4.04. The van der Waals surface area contributed by atoms with Gasteiger partial charge in [0.2, 0.25) is 0 Å². The molecule has 17 heavy (non-hydrogen) atoms. The molecule has 0 saturated carbocycles. The third kappa shape index (κ3) is 4.02. The van der Waals surface area contributed by atoms with Crippen LogP contribution in [0.4, 0.5) is 21.7 Å². The Morgan fingerprint density at radius 3 is 2.12 bits per heavy atom. The molecule has 0 aliphatic heterocycles. The summed E-state index contributed by atoms with van der Waals surface area (Å²) in [5.74, 6) is -4.44. The maximum Gasteiger partial charge on any atom is 1.00 e. The number of halogens is 5. The Morgan fingerprint density at radius 1 is 1.18 bits per heavy atom. The number of esters is 1. The summed E-state index contributed by atoms with van der Waals surface area (Å²) < 4.78 is 66.6. The van der Waals surface area contributed by atoms with Crippen LogP contribution in [0.5, 0.6) is 0 Å². The molecular formula is C8H5BF5KO2. The monoisotopic (exact) mass is 278 g/mol. The number of benzene rings is 1. The van der Waals surface area contributed by atoms with E-state index in [1.165, 1.54) is 0 Å². The number of hydrogen-bond donors (Lipinski definition) is 0. The van der Waals surface area contributed by atoms with Crippen LogP contribution in [-0.4, -0.2) is 20.1 Å². The van der Waals surface area contributed by atoms with Crippen molar-refractivity contribution in [3.05, 3.63) is 29.3 Å². The third-order valence-electron chi connectivity index (χ3n) is 1.84. The van der Waals surface area contributed by atoms with Gasteiger partial charge in [0.15, 0.2) is 0 Å². The molecule has 0 bridgehead atoms. The van der Waals surface area contributed by atoms with Crippen LogP contribution in [0.15, 0.2) is 12.1 Å². The fourth-order valence-corrected chi connectivity index (χ4v) is 1.08. The van der Waals surface area contributed by atoms with Crippen LogP contribution in [0, 0.1) is 11.6 Å². The summed E-state index contributed by atoms with van der Waals surface area (Å²) >= 11 is 0. The van der Waals surface area contributed by atoms with E-state index in [4.69, 9.17) is 0 Å². The third-order valence-corrected chi connectivity index (χ3v) is 1.84. The van der Waals surface area contributed by atoms with Crippen LogP contribution >= 0.6 is 0 Å². The van der Waals surface area contributed by atoms with Crippen molar-refractivity contribution in [2.75, 3.05) is 7.11 Å². The van der Waals surface area contributed by atoms with E-state index in [1.807, 2.05) is 0 Å². The van der Waals surface area contributed by atoms with Gasteiger partial charge in [-0.05, 0) is 0 Å². The Balaban J connectivity index is 0.00000256. The molecule has 0 spiro atoms. The molecular weight excluding hydrogens is 273 g/mol. The van der Waals surface area contributed by atoms with Crippen LogP contribution in [0.3, 0.4) is 0 Å². The van der Waals surface area contributed by atoms with Gasteiger partial charge in [0, 0.05) is 6.07 Å². The maximum atomic E-state index is 13.0. The first kappa shape index (κ1) is 17.0. The van der Waals surface area contributed by atoms with E-state index in [9.17, 15) is 26.5 Å². The quantitative estimate of drug-likeness (QED) is 0.386. The number of hydrogen-bond acceptors (Lipinski definition) is 2. The van der Waals surface area contributed by atoms with Gasteiger partial charge in [-0.3, -0.25) is 0 Å². The second-order valence-electron chi connectivity index (χ2n) is 2.92. The van der Waals surface area contributed by atoms with E-state index >= 15 is 0 Å². The van der Waals surface area contributed by atoms with E-state index in [2.05, 4.69) is 4.74 Å². The Hall–Kier alpha value is 0.0413. The number of ether oxygens (including phenoxy) is 1. The van der Waals surface area contributed by atoms with Gasteiger partial charge in [0.25, 0.3) is 0 Å². The molecule has 0 atom stereocenters. The first-order valence-corrected chi connectivity index (χ1v) is 4.04. The molecule has 1 aromatic carbocycles. The van der Waals surface area contributed by atoms with E-state index in [1.54, 1.807) is 0 Å². The summed E-state index contributed by atoms with van der Waals surface area (Å²) in [4.78, 5) is 10.9. The summed E-state index contributed by atoms with van der Waals surface area (Å²) in [6, 6.07) is 0.118. The summed E-state index contributed by atoms with van der Waals surface area (Å²) in [5.41, 5.74) is -2.60. The first-order chi connectivity index (χ1) is 7.27. The minimum Gasteiger partial charge on any atom is -0.465 e. The molecule has 0 heterocycles. The second-order valence-corrected chi connectivity index (χ2v) is 2.92. The Kier molecular flexibility index (Phi) is 6.29. The van der Waals surface area contributed by atoms with E-state index < -0.39 is 35.6 Å². The molecule has 0 amide bonds. The zero-order valence-electron chi connectivity index (χ0n) is 8.94. The molecule has 0 aromatic heterocycles. The molecule has 0 unspecified atom stereocenters. The van der Waals surface area contributed by atoms with Crippen LogP contribution in [0.1, 0.15) is 10.4 Å². The predicted molar refractivity (Wildman–Crippen MR) is 46.4 cm³/mol. The molecule has 0 saturated heterocycles. The van der Waals surface area contributed by atoms with Crippen LogP contribution in [0.2, 0.25) is 0 Å². The van der Waals surface area contributed by atoms with Crippen molar-refractivity contribution < 1.29 is 82.6 Å². The van der Waals surface area contributed by atoms with Crippen LogP contribution in [-0.2, 0) is 4.74 Å². The van der Waals surface area contributed by atoms with Crippen molar-refractivity contribution in [3.8, 4) is 0 Å². The fraction of sp³-hybridized carbons (Fsp3) is 0.125. The minimum atomic E-state index is -5.65. The molecule has 0 radical (unpaired) electrons. The van der Waals surface area contributed by atoms with Gasteiger partial charge in [-0.15, -0.1) is 0 Å². The van der Waals surface area contributed by atoms with Crippen molar-refractivity contribution in [3.63, 3.8) is 0 Å². The molecule has 88 valence electrons. The minimum absolute atomic E-state index is 0. The average molecular weight is 278 g/mol. The van der Waals surface area contributed by atoms with Crippen molar-refractivity contribution in [1.82, 2.24) is 0 Å². The molecule has 9 heteroatoms. The Labute approximate surface area is 136 Å². The van der Waals surface area contributed by atoms with Gasteiger partial charge in [0.1, 0.15) is 5.82 Å². The van der Waals surface area contributed by atoms with Gasteiger partial charge in [0.05, 0.1) is 18.5 Å². The Morgan fingerprint density at radius 2 is 1.71 bits per heavy atom. The maximum absolute atomic E-state index is 13.0. The van der Waals surface area contributed by atoms with Crippen LogP contribution < -0.4 is 56.8 Å². The number of rotatable bonds is 2. The van der Waals surface area contributed by atoms with Gasteiger partial charge in [-0.1, -0.05) is 11.5 Å². The smallest absolute Gasteiger partial charge is 0.465 e. The molecule has 2 nitrogen and oxygen atoms in total. The average Bonchev–Trinajstić information content (AvgIpc) is 2.14. The Bertz CT molecular complexity index is 435. The van der Waals surface area contributed by atoms with Crippen molar-refractivity contribution >= 4 is 18.4 Å². The van der Waals surface area contributed by atoms with Gasteiger partial charge >= 0.3 is 64.3 Å². The fourth-order valence-electron chi connectivity index (χ4n) is 1.08. The normalized spacial score (nSPS) is 10.7. The van der Waals surface area contributed by atoms with E-state index in [-0.39, 0.29) is 63.5 Å². The molecule has 0 aliphatic rings. The van der Waals surface area contributed by atoms with Crippen molar-refractivity contribution in [2.24, 2.45) is 0 Å². The summed E-state index contributed by atoms with van der Waals surface area (Å²) in [7, 11) is 0.879. The molecule has 1 rings (SSSR count). The van der Waals surface area contributed by atoms with Gasteiger partial charge in [-0.25, -0.2) is 13.6 Å². The number of carbonyl (C=O) groups excluding carboxylic acids is 1. The topological polar surface area (TPSA) is 26.3 Å². The zero-order chi connectivity index (χ0) is 12.5. The molecule has 0 aliphatic carbocycles. The standard InChI is InChI=1S/C8H5BF5O2.K/c1-16-8(15)4-2-5(9(12,13)14)7(11)3-6(4)10;/h2-3H,1H3;/q-1;+1. The molecule has 0 fully saturated rings. The summed E-state index contributed by atoms with van der Waals surface area (Å²) in [5, 5.41) is 0. The van der Waals surface area contributed by atoms with Crippen molar-refractivity contribution in [1.29, 1.82) is 0 Å². The summed E-state index contributed by atoms with van der Waals surface area (Å²) in [6.07, 6.45) is 0. The van der Waals surface area contributed by atoms with E-state index in [0.29, 0.717) is 0 Å².